The maximum absolute atomic E-state index is 12.4. The van der Waals surface area contributed by atoms with Crippen molar-refractivity contribution in [1.82, 2.24) is 9.47 Å². The first-order valence-electron chi connectivity index (χ1n) is 7.55. The number of pyridine rings is 1. The van der Waals surface area contributed by atoms with E-state index in [-0.39, 0.29) is 17.6 Å². The van der Waals surface area contributed by atoms with Crippen LogP contribution in [0.25, 0.3) is 0 Å². The van der Waals surface area contributed by atoms with Crippen LogP contribution >= 0.6 is 0 Å². The lowest BCUT2D eigenvalue weighted by Crippen LogP contribution is -2.41. The number of amides is 1. The molecule has 0 spiro atoms. The van der Waals surface area contributed by atoms with Crippen LogP contribution < -0.4 is 5.56 Å². The molecule has 1 aromatic heterocycles. The molecule has 1 saturated heterocycles. The molecular weight excluding hydrogens is 268 g/mol. The van der Waals surface area contributed by atoms with E-state index < -0.39 is 0 Å². The van der Waals surface area contributed by atoms with Gasteiger partial charge in [-0.25, -0.2) is 0 Å². The van der Waals surface area contributed by atoms with Gasteiger partial charge in [0.1, 0.15) is 0 Å². The first-order chi connectivity index (χ1) is 9.97. The van der Waals surface area contributed by atoms with Crippen LogP contribution in [0, 0.1) is 5.92 Å². The lowest BCUT2D eigenvalue weighted by atomic mass is 10.1. The SMILES string of the molecule is CC(C)COC1CCN(C(=O)c2ccc(=O)n(C)c2)CC1. The van der Waals surface area contributed by atoms with E-state index in [9.17, 15) is 9.59 Å². The minimum atomic E-state index is -0.104. The predicted molar refractivity (Wildman–Crippen MR) is 81.4 cm³/mol. The quantitative estimate of drug-likeness (QED) is 0.848. The number of hydrogen-bond donors (Lipinski definition) is 0. The molecule has 2 rings (SSSR count). The fourth-order valence-electron chi connectivity index (χ4n) is 2.46. The monoisotopic (exact) mass is 292 g/mol. The number of ether oxygens (including phenoxy) is 1. The molecule has 1 aliphatic rings. The van der Waals surface area contributed by atoms with E-state index in [1.165, 1.54) is 10.6 Å². The molecular formula is C16H24N2O3. The zero-order valence-corrected chi connectivity index (χ0v) is 13.0. The third-order valence-corrected chi connectivity index (χ3v) is 3.73. The lowest BCUT2D eigenvalue weighted by Gasteiger charge is -2.32. The third-order valence-electron chi connectivity index (χ3n) is 3.73. The summed E-state index contributed by atoms with van der Waals surface area (Å²) in [6.45, 7) is 6.48. The molecule has 5 heteroatoms. The molecule has 0 unspecified atom stereocenters. The number of rotatable bonds is 4. The predicted octanol–water partition coefficient (Wildman–Crippen LogP) is 1.66. The van der Waals surface area contributed by atoms with Gasteiger partial charge in [0.15, 0.2) is 0 Å². The maximum Gasteiger partial charge on any atom is 0.255 e. The van der Waals surface area contributed by atoms with Crippen LogP contribution in [0.15, 0.2) is 23.1 Å². The van der Waals surface area contributed by atoms with Crippen LogP contribution in [-0.2, 0) is 11.8 Å². The average Bonchev–Trinajstić information content (AvgIpc) is 2.48. The largest absolute Gasteiger partial charge is 0.378 e. The summed E-state index contributed by atoms with van der Waals surface area (Å²) in [5.41, 5.74) is 0.464. The van der Waals surface area contributed by atoms with Crippen molar-refractivity contribution in [2.45, 2.75) is 32.8 Å². The number of carbonyl (C=O) groups is 1. The maximum atomic E-state index is 12.4. The Labute approximate surface area is 125 Å². The van der Waals surface area contributed by atoms with E-state index >= 15 is 0 Å². The Bertz CT molecular complexity index is 543. The Kier molecular flexibility index (Phi) is 5.17. The van der Waals surface area contributed by atoms with Crippen molar-refractivity contribution < 1.29 is 9.53 Å². The first kappa shape index (κ1) is 15.8. The molecule has 1 fully saturated rings. The highest BCUT2D eigenvalue weighted by molar-refractivity contribution is 5.93. The second kappa shape index (κ2) is 6.89. The van der Waals surface area contributed by atoms with E-state index in [0.29, 0.717) is 24.6 Å². The Morgan fingerprint density at radius 2 is 2.00 bits per heavy atom. The summed E-state index contributed by atoms with van der Waals surface area (Å²) < 4.78 is 7.27. The fourth-order valence-corrected chi connectivity index (χ4v) is 2.46. The highest BCUT2D eigenvalue weighted by atomic mass is 16.5. The number of nitrogens with zero attached hydrogens (tertiary/aromatic N) is 2. The number of aromatic nitrogens is 1. The minimum absolute atomic E-state index is 0.00657. The van der Waals surface area contributed by atoms with Crippen LogP contribution in [0.5, 0.6) is 0 Å². The van der Waals surface area contributed by atoms with Crippen LogP contribution in [0.2, 0.25) is 0 Å². The molecule has 1 amide bonds. The molecule has 0 aromatic carbocycles. The molecule has 0 saturated carbocycles. The molecule has 0 bridgehead atoms. The van der Waals surface area contributed by atoms with Crippen molar-refractivity contribution >= 4 is 5.91 Å². The van der Waals surface area contributed by atoms with Crippen molar-refractivity contribution in [3.8, 4) is 0 Å². The van der Waals surface area contributed by atoms with Crippen LogP contribution in [-0.4, -0.2) is 41.2 Å². The standard InChI is InChI=1S/C16H24N2O3/c1-12(2)11-21-14-6-8-18(9-7-14)16(20)13-4-5-15(19)17(3)10-13/h4-5,10,12,14H,6-9,11H2,1-3H3. The number of hydrogen-bond acceptors (Lipinski definition) is 3. The number of piperidine rings is 1. The molecule has 1 aliphatic heterocycles. The van der Waals surface area contributed by atoms with E-state index in [2.05, 4.69) is 13.8 Å². The number of likely N-dealkylation sites (tertiary alicyclic amines) is 1. The van der Waals surface area contributed by atoms with Gasteiger partial charge in [0.25, 0.3) is 5.91 Å². The summed E-state index contributed by atoms with van der Waals surface area (Å²) in [4.78, 5) is 25.6. The highest BCUT2D eigenvalue weighted by Gasteiger charge is 2.24. The smallest absolute Gasteiger partial charge is 0.255 e. The minimum Gasteiger partial charge on any atom is -0.378 e. The number of aryl methyl sites for hydroxylation is 1. The van der Waals surface area contributed by atoms with Gasteiger partial charge in [-0.2, -0.15) is 0 Å². The molecule has 0 aliphatic carbocycles. The Hall–Kier alpha value is -1.62. The molecule has 116 valence electrons. The van der Waals surface area contributed by atoms with Crippen molar-refractivity contribution in [2.24, 2.45) is 13.0 Å². The van der Waals surface area contributed by atoms with Crippen molar-refractivity contribution in [3.63, 3.8) is 0 Å². The van der Waals surface area contributed by atoms with Gasteiger partial charge in [-0.15, -0.1) is 0 Å². The lowest BCUT2D eigenvalue weighted by molar-refractivity contribution is -0.00232. The summed E-state index contributed by atoms with van der Waals surface area (Å²) in [7, 11) is 1.66. The zero-order valence-electron chi connectivity index (χ0n) is 13.0. The van der Waals surface area contributed by atoms with Crippen LogP contribution in [0.3, 0.4) is 0 Å². The Morgan fingerprint density at radius 3 is 2.57 bits per heavy atom. The topological polar surface area (TPSA) is 51.5 Å². The van der Waals surface area contributed by atoms with Crippen molar-refractivity contribution in [2.75, 3.05) is 19.7 Å². The van der Waals surface area contributed by atoms with Gasteiger partial charge in [-0.1, -0.05) is 13.8 Å². The first-order valence-corrected chi connectivity index (χ1v) is 7.55. The number of carbonyl (C=O) groups excluding carboxylic acids is 1. The van der Waals surface area contributed by atoms with E-state index in [0.717, 1.165) is 19.4 Å². The Morgan fingerprint density at radius 1 is 1.33 bits per heavy atom. The molecule has 2 heterocycles. The van der Waals surface area contributed by atoms with Gasteiger partial charge in [0.05, 0.1) is 11.7 Å². The van der Waals surface area contributed by atoms with Gasteiger partial charge < -0.3 is 14.2 Å². The summed E-state index contributed by atoms with van der Waals surface area (Å²) in [5.74, 6) is 0.531. The van der Waals surface area contributed by atoms with Crippen molar-refractivity contribution in [3.05, 3.63) is 34.2 Å². The fraction of sp³-hybridized carbons (Fsp3) is 0.625. The second-order valence-corrected chi connectivity index (χ2v) is 6.09. The molecule has 0 N–H and O–H groups in total. The third kappa shape index (κ3) is 4.17. The second-order valence-electron chi connectivity index (χ2n) is 6.09. The van der Waals surface area contributed by atoms with Gasteiger partial charge in [0, 0.05) is 39.0 Å². The highest BCUT2D eigenvalue weighted by Crippen LogP contribution is 2.16. The van der Waals surface area contributed by atoms with Crippen LogP contribution in [0.4, 0.5) is 0 Å². The van der Waals surface area contributed by atoms with Gasteiger partial charge >= 0.3 is 0 Å². The molecule has 5 nitrogen and oxygen atoms in total. The molecule has 1 aromatic rings. The van der Waals surface area contributed by atoms with Gasteiger partial charge in [-0.3, -0.25) is 9.59 Å². The van der Waals surface area contributed by atoms with Gasteiger partial charge in [0.2, 0.25) is 5.56 Å². The summed E-state index contributed by atoms with van der Waals surface area (Å²) in [6, 6.07) is 3.04. The normalized spacial score (nSPS) is 16.5. The van der Waals surface area contributed by atoms with Gasteiger partial charge in [-0.05, 0) is 24.8 Å². The molecule has 0 atom stereocenters. The molecule has 0 radical (unpaired) electrons. The molecule has 21 heavy (non-hydrogen) atoms. The van der Waals surface area contributed by atoms with E-state index in [1.807, 2.05) is 4.90 Å². The Balaban J connectivity index is 1.91. The summed E-state index contributed by atoms with van der Waals surface area (Å²) in [5, 5.41) is 0. The van der Waals surface area contributed by atoms with Crippen LogP contribution in [0.1, 0.15) is 37.0 Å². The summed E-state index contributed by atoms with van der Waals surface area (Å²) >= 11 is 0. The van der Waals surface area contributed by atoms with Crippen molar-refractivity contribution in [1.29, 1.82) is 0 Å². The average molecular weight is 292 g/mol. The van der Waals surface area contributed by atoms with E-state index in [4.69, 9.17) is 4.74 Å². The zero-order chi connectivity index (χ0) is 15.4. The van der Waals surface area contributed by atoms with E-state index in [1.54, 1.807) is 19.3 Å². The summed E-state index contributed by atoms with van der Waals surface area (Å²) in [6.07, 6.45) is 3.62.